The molecule has 3 aliphatic rings. The van der Waals surface area contributed by atoms with Crippen LogP contribution in [0.3, 0.4) is 0 Å². The molecular formula is C22H29N5O4. The number of para-hydroxylation sites is 2. The monoisotopic (exact) mass is 427 g/mol. The quantitative estimate of drug-likeness (QED) is 0.616. The van der Waals surface area contributed by atoms with Crippen LogP contribution in [0.4, 0.5) is 16.2 Å². The lowest BCUT2D eigenvalue weighted by Crippen LogP contribution is -2.48. The van der Waals surface area contributed by atoms with Crippen molar-refractivity contribution in [2.24, 2.45) is 11.7 Å². The summed E-state index contributed by atoms with van der Waals surface area (Å²) in [5.41, 5.74) is 6.05. The number of carbonyl (C=O) groups excluding carboxylic acids is 4. The molecule has 2 heterocycles. The second-order valence-electron chi connectivity index (χ2n) is 8.69. The van der Waals surface area contributed by atoms with E-state index >= 15 is 0 Å². The number of benzene rings is 1. The number of hydrogen-bond donors (Lipinski definition) is 3. The number of anilines is 2. The van der Waals surface area contributed by atoms with E-state index in [0.717, 1.165) is 29.8 Å². The number of urea groups is 1. The van der Waals surface area contributed by atoms with Gasteiger partial charge < -0.3 is 21.3 Å². The lowest BCUT2D eigenvalue weighted by molar-refractivity contribution is -0.134. The summed E-state index contributed by atoms with van der Waals surface area (Å²) in [4.78, 5) is 52.6. The Hall–Kier alpha value is -3.10. The van der Waals surface area contributed by atoms with Crippen molar-refractivity contribution in [2.45, 2.75) is 50.5 Å². The van der Waals surface area contributed by atoms with E-state index in [1.165, 1.54) is 0 Å². The molecule has 0 bridgehead atoms. The van der Waals surface area contributed by atoms with Crippen molar-refractivity contribution in [3.8, 4) is 0 Å². The zero-order chi connectivity index (χ0) is 22.0. The van der Waals surface area contributed by atoms with Gasteiger partial charge in [-0.1, -0.05) is 31.4 Å². The van der Waals surface area contributed by atoms with E-state index in [2.05, 4.69) is 15.5 Å². The number of nitrogens with two attached hydrogens (primary N) is 1. The summed E-state index contributed by atoms with van der Waals surface area (Å²) in [6.45, 7) is 1.01. The minimum Gasteiger partial charge on any atom is -0.370 e. The van der Waals surface area contributed by atoms with Gasteiger partial charge in [0, 0.05) is 19.0 Å². The third-order valence-corrected chi connectivity index (χ3v) is 6.67. The highest BCUT2D eigenvalue weighted by Gasteiger charge is 2.51. The van der Waals surface area contributed by atoms with Gasteiger partial charge in [-0.3, -0.25) is 19.3 Å². The summed E-state index contributed by atoms with van der Waals surface area (Å²) in [5.74, 6) is -1.11. The van der Waals surface area contributed by atoms with Gasteiger partial charge in [0.05, 0.1) is 11.4 Å². The van der Waals surface area contributed by atoms with Crippen LogP contribution in [-0.4, -0.2) is 53.8 Å². The second kappa shape index (κ2) is 8.56. The highest BCUT2D eigenvalue weighted by molar-refractivity contribution is 6.10. The van der Waals surface area contributed by atoms with E-state index in [4.69, 9.17) is 5.73 Å². The highest BCUT2D eigenvalue weighted by Crippen LogP contribution is 2.34. The first kappa shape index (κ1) is 21.1. The third-order valence-electron chi connectivity index (χ3n) is 6.67. The largest absolute Gasteiger partial charge is 0.370 e. The Balaban J connectivity index is 1.41. The fourth-order valence-corrected chi connectivity index (χ4v) is 4.91. The van der Waals surface area contributed by atoms with Crippen LogP contribution in [0.2, 0.25) is 0 Å². The first-order valence-electron chi connectivity index (χ1n) is 11.0. The lowest BCUT2D eigenvalue weighted by atomic mass is 9.82. The van der Waals surface area contributed by atoms with Crippen LogP contribution in [0.15, 0.2) is 24.3 Å². The van der Waals surface area contributed by atoms with E-state index in [9.17, 15) is 19.2 Å². The molecule has 1 aromatic carbocycles. The predicted octanol–water partition coefficient (Wildman–Crippen LogP) is 1.58. The molecule has 4 N–H and O–H groups in total. The number of carbonyl (C=O) groups is 4. The van der Waals surface area contributed by atoms with Crippen molar-refractivity contribution in [1.82, 2.24) is 10.2 Å². The zero-order valence-corrected chi connectivity index (χ0v) is 17.6. The van der Waals surface area contributed by atoms with Crippen molar-refractivity contribution in [2.75, 3.05) is 29.9 Å². The molecule has 166 valence electrons. The lowest BCUT2D eigenvalue weighted by Gasteiger charge is -2.33. The van der Waals surface area contributed by atoms with E-state index in [1.54, 1.807) is 6.07 Å². The van der Waals surface area contributed by atoms with E-state index < -0.39 is 17.5 Å². The predicted molar refractivity (Wildman–Crippen MR) is 115 cm³/mol. The molecule has 1 saturated carbocycles. The van der Waals surface area contributed by atoms with Crippen molar-refractivity contribution in [3.63, 3.8) is 0 Å². The molecule has 0 radical (unpaired) electrons. The third kappa shape index (κ3) is 4.22. The molecule has 1 spiro atoms. The van der Waals surface area contributed by atoms with Crippen molar-refractivity contribution >= 4 is 35.1 Å². The molecule has 0 aromatic heterocycles. The van der Waals surface area contributed by atoms with Gasteiger partial charge in [0.2, 0.25) is 11.8 Å². The van der Waals surface area contributed by atoms with Crippen molar-refractivity contribution in [1.29, 1.82) is 0 Å². The summed E-state index contributed by atoms with van der Waals surface area (Å²) < 4.78 is 0. The number of nitrogens with one attached hydrogen (secondary N) is 2. The maximum atomic E-state index is 12.9. The van der Waals surface area contributed by atoms with E-state index in [0.29, 0.717) is 44.5 Å². The van der Waals surface area contributed by atoms with Gasteiger partial charge in [-0.05, 0) is 37.8 Å². The van der Waals surface area contributed by atoms with Crippen LogP contribution in [0, 0.1) is 5.92 Å². The van der Waals surface area contributed by atoms with Gasteiger partial charge in [-0.25, -0.2) is 4.79 Å². The zero-order valence-electron chi connectivity index (χ0n) is 17.6. The number of amides is 5. The Morgan fingerprint density at radius 3 is 2.45 bits per heavy atom. The Labute approximate surface area is 181 Å². The van der Waals surface area contributed by atoms with E-state index in [-0.39, 0.29) is 24.3 Å². The Bertz CT molecular complexity index is 888. The average molecular weight is 428 g/mol. The summed E-state index contributed by atoms with van der Waals surface area (Å²) in [6, 6.07) is 6.91. The molecule has 9 nitrogen and oxygen atoms in total. The van der Waals surface area contributed by atoms with Crippen LogP contribution >= 0.6 is 0 Å². The normalized spacial score (nSPS) is 21.3. The van der Waals surface area contributed by atoms with E-state index in [1.807, 2.05) is 18.2 Å². The number of piperidine rings is 1. The van der Waals surface area contributed by atoms with Crippen LogP contribution in [0.1, 0.15) is 44.9 Å². The Morgan fingerprint density at radius 2 is 1.77 bits per heavy atom. The minimum atomic E-state index is -0.835. The van der Waals surface area contributed by atoms with Crippen LogP contribution in [-0.2, 0) is 14.4 Å². The van der Waals surface area contributed by atoms with Gasteiger partial charge in [-0.2, -0.15) is 0 Å². The molecule has 2 saturated heterocycles. The van der Waals surface area contributed by atoms with Gasteiger partial charge >= 0.3 is 6.03 Å². The van der Waals surface area contributed by atoms with Crippen molar-refractivity contribution < 1.29 is 19.2 Å². The first-order valence-corrected chi connectivity index (χ1v) is 11.0. The summed E-state index contributed by atoms with van der Waals surface area (Å²) >= 11 is 0. The number of rotatable bonds is 5. The molecule has 9 heteroatoms. The van der Waals surface area contributed by atoms with Crippen molar-refractivity contribution in [3.05, 3.63) is 24.3 Å². The van der Waals surface area contributed by atoms with Gasteiger partial charge in [0.25, 0.3) is 5.91 Å². The molecule has 4 rings (SSSR count). The van der Waals surface area contributed by atoms with Gasteiger partial charge in [0.1, 0.15) is 12.1 Å². The maximum absolute atomic E-state index is 12.9. The number of hydrogen-bond acceptors (Lipinski definition) is 5. The molecule has 31 heavy (non-hydrogen) atoms. The van der Waals surface area contributed by atoms with Gasteiger partial charge in [-0.15, -0.1) is 0 Å². The molecule has 5 amide bonds. The highest BCUT2D eigenvalue weighted by atomic mass is 16.2. The molecule has 1 aromatic rings. The Kier molecular flexibility index (Phi) is 5.84. The maximum Gasteiger partial charge on any atom is 0.325 e. The molecule has 1 aliphatic carbocycles. The number of nitrogens with zero attached hydrogens (tertiary/aromatic N) is 2. The minimum absolute atomic E-state index is 0.121. The fourth-order valence-electron chi connectivity index (χ4n) is 4.91. The number of imide groups is 1. The number of primary amides is 1. The summed E-state index contributed by atoms with van der Waals surface area (Å²) in [7, 11) is 0. The van der Waals surface area contributed by atoms with Crippen LogP contribution < -0.4 is 21.3 Å². The van der Waals surface area contributed by atoms with Crippen LogP contribution in [0.5, 0.6) is 0 Å². The first-order chi connectivity index (χ1) is 14.9. The summed E-state index contributed by atoms with van der Waals surface area (Å²) in [6.07, 6.45) is 5.43. The van der Waals surface area contributed by atoms with Gasteiger partial charge in [0.15, 0.2) is 0 Å². The molecule has 0 unspecified atom stereocenters. The Morgan fingerprint density at radius 1 is 1.10 bits per heavy atom. The second-order valence-corrected chi connectivity index (χ2v) is 8.69. The average Bonchev–Trinajstić information content (AvgIpc) is 2.98. The SMILES string of the molecule is NC(=O)C1CCN(c2ccccc2NC(=O)CN2C(=O)NC3(CCCCC3)C2=O)CC1. The molecule has 0 atom stereocenters. The molecule has 3 fully saturated rings. The molecular weight excluding hydrogens is 398 g/mol. The van der Waals surface area contributed by atoms with Crippen LogP contribution in [0.25, 0.3) is 0 Å². The topological polar surface area (TPSA) is 125 Å². The molecule has 2 aliphatic heterocycles. The summed E-state index contributed by atoms with van der Waals surface area (Å²) in [5, 5.41) is 5.68. The smallest absolute Gasteiger partial charge is 0.325 e. The standard InChI is InChI=1S/C22H29N5O4/c23-19(29)15-8-12-26(13-9-15)17-7-3-2-6-16(17)24-18(28)14-27-20(30)22(25-21(27)31)10-4-1-5-11-22/h2-3,6-7,15H,1,4-5,8-14H2,(H2,23,29)(H,24,28)(H,25,31). The fraction of sp³-hybridized carbons (Fsp3) is 0.545.